The lowest BCUT2D eigenvalue weighted by Crippen LogP contribution is -2.33. The first-order valence-electron chi connectivity index (χ1n) is 6.01. The molecule has 0 radical (unpaired) electrons. The van der Waals surface area contributed by atoms with Gasteiger partial charge >= 0.3 is 0 Å². The number of likely N-dealkylation sites (tertiary alicyclic amines) is 1. The molecule has 1 fully saturated rings. The largest absolute Gasteiger partial charge is 0.336 e. The van der Waals surface area contributed by atoms with Gasteiger partial charge in [-0.2, -0.15) is 0 Å². The van der Waals surface area contributed by atoms with Crippen molar-refractivity contribution in [1.82, 2.24) is 4.90 Å². The number of rotatable bonds is 2. The molecule has 4 nitrogen and oxygen atoms in total. The van der Waals surface area contributed by atoms with Crippen molar-refractivity contribution >= 4 is 11.6 Å². The molecular weight excluding hydrogens is 214 g/mol. The number of amides is 1. The SMILES string of the molecule is Cc1cc(C(=O)N2CCCC2C)ccc1NN. The molecular formula is C13H19N3O. The average Bonchev–Trinajstić information content (AvgIpc) is 2.74. The zero-order chi connectivity index (χ0) is 12.4. The summed E-state index contributed by atoms with van der Waals surface area (Å²) in [6, 6.07) is 5.93. The van der Waals surface area contributed by atoms with Crippen LogP contribution in [0.4, 0.5) is 5.69 Å². The fourth-order valence-electron chi connectivity index (χ4n) is 2.36. The molecule has 1 aromatic rings. The molecule has 1 unspecified atom stereocenters. The minimum atomic E-state index is 0.127. The van der Waals surface area contributed by atoms with Crippen molar-refractivity contribution in [1.29, 1.82) is 0 Å². The lowest BCUT2D eigenvalue weighted by molar-refractivity contribution is 0.0747. The second-order valence-electron chi connectivity index (χ2n) is 4.66. The normalized spacial score (nSPS) is 19.5. The van der Waals surface area contributed by atoms with Gasteiger partial charge in [0.1, 0.15) is 0 Å². The zero-order valence-corrected chi connectivity index (χ0v) is 10.4. The standard InChI is InChI=1S/C13H19N3O/c1-9-8-11(5-6-12(9)15-14)13(17)16-7-3-4-10(16)2/h5-6,8,10,15H,3-4,7,14H2,1-2H3. The summed E-state index contributed by atoms with van der Waals surface area (Å²) in [5, 5.41) is 0. The number of hydrogen-bond acceptors (Lipinski definition) is 3. The smallest absolute Gasteiger partial charge is 0.254 e. The molecule has 1 saturated heterocycles. The Hall–Kier alpha value is -1.55. The van der Waals surface area contributed by atoms with E-state index in [9.17, 15) is 4.79 Å². The number of nitrogen functional groups attached to an aromatic ring is 1. The van der Waals surface area contributed by atoms with Crippen LogP contribution in [0.15, 0.2) is 18.2 Å². The molecule has 1 aliphatic rings. The van der Waals surface area contributed by atoms with Gasteiger partial charge in [-0.1, -0.05) is 0 Å². The molecule has 1 aromatic carbocycles. The summed E-state index contributed by atoms with van der Waals surface area (Å²) in [6.45, 7) is 4.92. The van der Waals surface area contributed by atoms with Crippen molar-refractivity contribution < 1.29 is 4.79 Å². The number of benzene rings is 1. The van der Waals surface area contributed by atoms with Crippen molar-refractivity contribution in [3.63, 3.8) is 0 Å². The van der Waals surface area contributed by atoms with Crippen molar-refractivity contribution in [2.24, 2.45) is 5.84 Å². The molecule has 17 heavy (non-hydrogen) atoms. The summed E-state index contributed by atoms with van der Waals surface area (Å²) in [6.07, 6.45) is 2.21. The van der Waals surface area contributed by atoms with Gasteiger partial charge in [-0.3, -0.25) is 10.6 Å². The Morgan fingerprint density at radius 3 is 2.82 bits per heavy atom. The quantitative estimate of drug-likeness (QED) is 0.606. The van der Waals surface area contributed by atoms with Crippen LogP contribution in [-0.2, 0) is 0 Å². The Kier molecular flexibility index (Phi) is 3.33. The topological polar surface area (TPSA) is 58.4 Å². The third-order valence-electron chi connectivity index (χ3n) is 3.44. The first-order valence-corrected chi connectivity index (χ1v) is 6.01. The number of carbonyl (C=O) groups excluding carboxylic acids is 1. The molecule has 3 N–H and O–H groups in total. The zero-order valence-electron chi connectivity index (χ0n) is 10.4. The van der Waals surface area contributed by atoms with Crippen LogP contribution in [0, 0.1) is 6.92 Å². The summed E-state index contributed by atoms with van der Waals surface area (Å²) >= 11 is 0. The fourth-order valence-corrected chi connectivity index (χ4v) is 2.36. The maximum Gasteiger partial charge on any atom is 0.254 e. The van der Waals surface area contributed by atoms with E-state index in [2.05, 4.69) is 12.3 Å². The molecule has 1 atom stereocenters. The highest BCUT2D eigenvalue weighted by Gasteiger charge is 2.25. The van der Waals surface area contributed by atoms with Gasteiger partial charge in [-0.25, -0.2) is 0 Å². The molecule has 1 aliphatic heterocycles. The van der Waals surface area contributed by atoms with Gasteiger partial charge in [0.15, 0.2) is 0 Å². The molecule has 0 spiro atoms. The van der Waals surface area contributed by atoms with Crippen molar-refractivity contribution in [3.05, 3.63) is 29.3 Å². The number of nitrogens with zero attached hydrogens (tertiary/aromatic N) is 1. The maximum atomic E-state index is 12.3. The predicted octanol–water partition coefficient (Wildman–Crippen LogP) is 1.91. The Morgan fingerprint density at radius 1 is 1.53 bits per heavy atom. The van der Waals surface area contributed by atoms with E-state index in [1.807, 2.05) is 30.0 Å². The van der Waals surface area contributed by atoms with Crippen LogP contribution < -0.4 is 11.3 Å². The van der Waals surface area contributed by atoms with Gasteiger partial charge in [0.2, 0.25) is 0 Å². The summed E-state index contributed by atoms with van der Waals surface area (Å²) < 4.78 is 0. The number of nitrogens with one attached hydrogen (secondary N) is 1. The molecule has 1 heterocycles. The van der Waals surface area contributed by atoms with E-state index in [0.29, 0.717) is 6.04 Å². The molecule has 0 saturated carbocycles. The van der Waals surface area contributed by atoms with Gasteiger partial charge in [0.25, 0.3) is 5.91 Å². The monoisotopic (exact) mass is 233 g/mol. The summed E-state index contributed by atoms with van der Waals surface area (Å²) in [4.78, 5) is 14.2. The number of aryl methyl sites for hydroxylation is 1. The van der Waals surface area contributed by atoms with Gasteiger partial charge in [0, 0.05) is 18.2 Å². The summed E-state index contributed by atoms with van der Waals surface area (Å²) in [5.41, 5.74) is 5.21. The highest BCUT2D eigenvalue weighted by Crippen LogP contribution is 2.21. The first-order chi connectivity index (χ1) is 8.13. The highest BCUT2D eigenvalue weighted by atomic mass is 16.2. The van der Waals surface area contributed by atoms with Gasteiger partial charge in [-0.05, 0) is 50.5 Å². The minimum absolute atomic E-state index is 0.127. The van der Waals surface area contributed by atoms with Crippen molar-refractivity contribution in [2.75, 3.05) is 12.0 Å². The Morgan fingerprint density at radius 2 is 2.29 bits per heavy atom. The number of hydrogen-bond donors (Lipinski definition) is 2. The van der Waals surface area contributed by atoms with E-state index < -0.39 is 0 Å². The number of nitrogens with two attached hydrogens (primary N) is 1. The van der Waals surface area contributed by atoms with E-state index in [1.54, 1.807) is 0 Å². The number of anilines is 1. The third-order valence-corrected chi connectivity index (χ3v) is 3.44. The molecule has 0 bridgehead atoms. The maximum absolute atomic E-state index is 12.3. The van der Waals surface area contributed by atoms with Crippen LogP contribution in [0.5, 0.6) is 0 Å². The van der Waals surface area contributed by atoms with Crippen LogP contribution in [0.2, 0.25) is 0 Å². The van der Waals surface area contributed by atoms with Gasteiger partial charge < -0.3 is 10.3 Å². The second-order valence-corrected chi connectivity index (χ2v) is 4.66. The summed E-state index contributed by atoms with van der Waals surface area (Å²) in [5.74, 6) is 5.50. The predicted molar refractivity (Wildman–Crippen MR) is 68.7 cm³/mol. The first kappa shape index (κ1) is 11.9. The molecule has 4 heteroatoms. The Balaban J connectivity index is 2.22. The lowest BCUT2D eigenvalue weighted by Gasteiger charge is -2.21. The van der Waals surface area contributed by atoms with Gasteiger partial charge in [0.05, 0.1) is 5.69 Å². The molecule has 92 valence electrons. The van der Waals surface area contributed by atoms with Crippen molar-refractivity contribution in [2.45, 2.75) is 32.7 Å². The van der Waals surface area contributed by atoms with E-state index in [4.69, 9.17) is 5.84 Å². The second kappa shape index (κ2) is 4.75. The lowest BCUT2D eigenvalue weighted by atomic mass is 10.1. The molecule has 1 amide bonds. The van der Waals surface area contributed by atoms with E-state index in [1.165, 1.54) is 0 Å². The van der Waals surface area contributed by atoms with Crippen LogP contribution in [0.25, 0.3) is 0 Å². The van der Waals surface area contributed by atoms with E-state index in [0.717, 1.165) is 36.2 Å². The highest BCUT2D eigenvalue weighted by molar-refractivity contribution is 5.95. The molecule has 0 aromatic heterocycles. The van der Waals surface area contributed by atoms with Crippen LogP contribution in [-0.4, -0.2) is 23.4 Å². The van der Waals surface area contributed by atoms with E-state index in [-0.39, 0.29) is 5.91 Å². The number of carbonyl (C=O) groups is 1. The minimum Gasteiger partial charge on any atom is -0.336 e. The van der Waals surface area contributed by atoms with Crippen molar-refractivity contribution in [3.8, 4) is 0 Å². The van der Waals surface area contributed by atoms with Crippen LogP contribution in [0.3, 0.4) is 0 Å². The number of hydrazine groups is 1. The average molecular weight is 233 g/mol. The Labute approximate surface area is 102 Å². The third kappa shape index (κ3) is 2.26. The van der Waals surface area contributed by atoms with Crippen LogP contribution in [0.1, 0.15) is 35.7 Å². The molecule has 0 aliphatic carbocycles. The van der Waals surface area contributed by atoms with Crippen LogP contribution >= 0.6 is 0 Å². The van der Waals surface area contributed by atoms with Gasteiger partial charge in [-0.15, -0.1) is 0 Å². The Bertz CT molecular complexity index is 431. The van der Waals surface area contributed by atoms with E-state index >= 15 is 0 Å². The fraction of sp³-hybridized carbons (Fsp3) is 0.462. The summed E-state index contributed by atoms with van der Waals surface area (Å²) in [7, 11) is 0. The molecule has 2 rings (SSSR count).